The van der Waals surface area contributed by atoms with Crippen molar-refractivity contribution in [2.75, 3.05) is 18.0 Å². The van der Waals surface area contributed by atoms with Gasteiger partial charge in [0.15, 0.2) is 5.82 Å². The highest BCUT2D eigenvalue weighted by atomic mass is 16.3. The molecule has 8 nitrogen and oxygen atoms in total. The van der Waals surface area contributed by atoms with E-state index in [9.17, 15) is 9.90 Å². The lowest BCUT2D eigenvalue weighted by Crippen LogP contribution is -2.23. The van der Waals surface area contributed by atoms with Crippen molar-refractivity contribution in [1.29, 1.82) is 0 Å². The predicted octanol–water partition coefficient (Wildman–Crippen LogP) is 1.38. The smallest absolute Gasteiger partial charge is 0.251 e. The summed E-state index contributed by atoms with van der Waals surface area (Å²) >= 11 is 0. The minimum Gasteiger partial charge on any atom is -0.391 e. The van der Waals surface area contributed by atoms with Crippen LogP contribution in [0.5, 0.6) is 0 Å². The highest BCUT2D eigenvalue weighted by Gasteiger charge is 2.21. The zero-order chi connectivity index (χ0) is 19.5. The van der Waals surface area contributed by atoms with Crippen LogP contribution in [0.15, 0.2) is 48.9 Å². The minimum atomic E-state index is -0.315. The molecule has 0 spiro atoms. The Morgan fingerprint density at radius 3 is 3.00 bits per heavy atom. The number of nitrogens with one attached hydrogen (secondary N) is 1. The van der Waals surface area contributed by atoms with Gasteiger partial charge in [-0.1, -0.05) is 12.1 Å². The molecule has 1 fully saturated rings. The zero-order valence-electron chi connectivity index (χ0n) is 15.6. The molecule has 144 valence electrons. The fraction of sp³-hybridized carbons (Fsp3) is 0.300. The van der Waals surface area contributed by atoms with Crippen molar-refractivity contribution >= 4 is 11.7 Å². The molecule has 1 aliphatic rings. The Morgan fingerprint density at radius 2 is 2.25 bits per heavy atom. The van der Waals surface area contributed by atoms with Gasteiger partial charge < -0.3 is 15.3 Å². The number of anilines is 1. The molecule has 0 unspecified atom stereocenters. The number of carbonyl (C=O) groups excluding carboxylic acids is 1. The topological polar surface area (TPSA) is 96.2 Å². The summed E-state index contributed by atoms with van der Waals surface area (Å²) in [5, 5.41) is 16.7. The number of nitrogens with zero attached hydrogens (tertiary/aromatic N) is 5. The number of hydrogen-bond donors (Lipinski definition) is 2. The molecule has 4 rings (SSSR count). The number of aryl methyl sites for hydroxylation is 1. The first kappa shape index (κ1) is 18.1. The lowest BCUT2D eigenvalue weighted by atomic mass is 10.1. The van der Waals surface area contributed by atoms with Crippen LogP contribution in [0.1, 0.15) is 22.3 Å². The van der Waals surface area contributed by atoms with Crippen molar-refractivity contribution in [3.05, 3.63) is 60.0 Å². The van der Waals surface area contributed by atoms with Gasteiger partial charge in [-0.3, -0.25) is 9.48 Å². The van der Waals surface area contributed by atoms with Gasteiger partial charge >= 0.3 is 0 Å². The highest BCUT2D eigenvalue weighted by Crippen LogP contribution is 2.22. The first-order chi connectivity index (χ1) is 13.6. The SMILES string of the molecule is Cn1cc(CNC(=O)c2cccc(-c3nccc(N4CC[C@H](O)C4)n3)c2)cn1. The van der Waals surface area contributed by atoms with Gasteiger partial charge in [0, 0.05) is 55.8 Å². The van der Waals surface area contributed by atoms with E-state index in [1.165, 1.54) is 0 Å². The van der Waals surface area contributed by atoms with E-state index < -0.39 is 0 Å². The van der Waals surface area contributed by atoms with Gasteiger partial charge in [-0.15, -0.1) is 0 Å². The molecule has 1 aliphatic heterocycles. The highest BCUT2D eigenvalue weighted by molar-refractivity contribution is 5.95. The minimum absolute atomic E-state index is 0.162. The number of benzene rings is 1. The third kappa shape index (κ3) is 4.01. The second kappa shape index (κ2) is 7.77. The summed E-state index contributed by atoms with van der Waals surface area (Å²) in [5.74, 6) is 1.18. The summed E-state index contributed by atoms with van der Waals surface area (Å²) in [5.41, 5.74) is 2.26. The van der Waals surface area contributed by atoms with E-state index in [4.69, 9.17) is 0 Å². The van der Waals surface area contributed by atoms with Crippen molar-refractivity contribution in [3.63, 3.8) is 0 Å². The van der Waals surface area contributed by atoms with Gasteiger partial charge in [-0.25, -0.2) is 9.97 Å². The third-order valence-corrected chi connectivity index (χ3v) is 4.72. The molecule has 0 saturated carbocycles. The lowest BCUT2D eigenvalue weighted by molar-refractivity contribution is 0.0951. The maximum Gasteiger partial charge on any atom is 0.251 e. The fourth-order valence-electron chi connectivity index (χ4n) is 3.26. The van der Waals surface area contributed by atoms with Gasteiger partial charge in [-0.05, 0) is 24.6 Å². The van der Waals surface area contributed by atoms with Crippen molar-refractivity contribution in [2.24, 2.45) is 7.05 Å². The van der Waals surface area contributed by atoms with Crippen LogP contribution in [-0.4, -0.2) is 50.0 Å². The monoisotopic (exact) mass is 378 g/mol. The summed E-state index contributed by atoms with van der Waals surface area (Å²) in [6.07, 6.45) is 5.73. The van der Waals surface area contributed by atoms with Crippen LogP contribution in [-0.2, 0) is 13.6 Å². The van der Waals surface area contributed by atoms with Crippen LogP contribution >= 0.6 is 0 Å². The molecular formula is C20H22N6O2. The molecule has 1 atom stereocenters. The molecule has 3 heterocycles. The van der Waals surface area contributed by atoms with Gasteiger partial charge in [-0.2, -0.15) is 5.10 Å². The molecule has 0 radical (unpaired) electrons. The normalized spacial score (nSPS) is 16.4. The first-order valence-corrected chi connectivity index (χ1v) is 9.21. The first-order valence-electron chi connectivity index (χ1n) is 9.21. The Kier molecular flexibility index (Phi) is 5.03. The molecule has 1 amide bonds. The van der Waals surface area contributed by atoms with Gasteiger partial charge in [0.05, 0.1) is 12.3 Å². The molecule has 1 saturated heterocycles. The van der Waals surface area contributed by atoms with E-state index >= 15 is 0 Å². The molecule has 0 aliphatic carbocycles. The van der Waals surface area contributed by atoms with Crippen LogP contribution in [0.3, 0.4) is 0 Å². The van der Waals surface area contributed by atoms with Crippen LogP contribution in [0, 0.1) is 0 Å². The zero-order valence-corrected chi connectivity index (χ0v) is 15.6. The van der Waals surface area contributed by atoms with E-state index in [1.807, 2.05) is 36.3 Å². The quantitative estimate of drug-likeness (QED) is 0.696. The van der Waals surface area contributed by atoms with Crippen molar-refractivity contribution < 1.29 is 9.90 Å². The predicted molar refractivity (Wildman–Crippen MR) is 105 cm³/mol. The molecule has 28 heavy (non-hydrogen) atoms. The Morgan fingerprint density at radius 1 is 1.36 bits per heavy atom. The van der Waals surface area contributed by atoms with Crippen LogP contribution < -0.4 is 10.2 Å². The Balaban J connectivity index is 1.49. The summed E-state index contributed by atoms with van der Waals surface area (Å²) in [7, 11) is 1.84. The number of carbonyl (C=O) groups is 1. The number of amides is 1. The van der Waals surface area contributed by atoms with Crippen molar-refractivity contribution in [3.8, 4) is 11.4 Å². The van der Waals surface area contributed by atoms with Crippen LogP contribution in [0.2, 0.25) is 0 Å². The molecule has 1 aromatic carbocycles. The van der Waals surface area contributed by atoms with Crippen molar-refractivity contribution in [1.82, 2.24) is 25.1 Å². The summed E-state index contributed by atoms with van der Waals surface area (Å²) in [6, 6.07) is 9.10. The number of β-amino-alcohol motifs (C(OH)–C–C–N with tert-alkyl or cyclic N) is 1. The summed E-state index contributed by atoms with van der Waals surface area (Å²) < 4.78 is 1.70. The van der Waals surface area contributed by atoms with E-state index in [2.05, 4.69) is 20.4 Å². The summed E-state index contributed by atoms with van der Waals surface area (Å²) in [4.78, 5) is 23.5. The lowest BCUT2D eigenvalue weighted by Gasteiger charge is -2.16. The largest absolute Gasteiger partial charge is 0.391 e. The van der Waals surface area contributed by atoms with E-state index in [0.717, 1.165) is 29.9 Å². The maximum absolute atomic E-state index is 12.5. The number of aliphatic hydroxyl groups excluding tert-OH is 1. The third-order valence-electron chi connectivity index (χ3n) is 4.72. The van der Waals surface area contributed by atoms with Crippen LogP contribution in [0.4, 0.5) is 5.82 Å². The average molecular weight is 378 g/mol. The van der Waals surface area contributed by atoms with E-state index in [1.54, 1.807) is 29.2 Å². The Bertz CT molecular complexity index is 986. The summed E-state index contributed by atoms with van der Waals surface area (Å²) in [6.45, 7) is 1.77. The van der Waals surface area contributed by atoms with E-state index in [-0.39, 0.29) is 12.0 Å². The van der Waals surface area contributed by atoms with Crippen molar-refractivity contribution in [2.45, 2.75) is 19.1 Å². The number of hydrogen-bond acceptors (Lipinski definition) is 6. The van der Waals surface area contributed by atoms with Gasteiger partial charge in [0.1, 0.15) is 5.82 Å². The second-order valence-electron chi connectivity index (χ2n) is 6.91. The van der Waals surface area contributed by atoms with E-state index in [0.29, 0.717) is 24.5 Å². The standard InChI is InChI=1S/C20H22N6O2/c1-25-12-14(11-23-25)10-22-20(28)16-4-2-3-15(9-16)19-21-7-5-18(24-19)26-8-6-17(27)13-26/h2-5,7,9,11-12,17,27H,6,8,10,13H2,1H3,(H,22,28)/t17-/m0/s1. The van der Waals surface area contributed by atoms with Crippen LogP contribution in [0.25, 0.3) is 11.4 Å². The number of rotatable bonds is 5. The second-order valence-corrected chi connectivity index (χ2v) is 6.91. The molecule has 2 aromatic heterocycles. The average Bonchev–Trinajstić information content (AvgIpc) is 3.34. The molecule has 3 aromatic rings. The number of aromatic nitrogens is 4. The molecule has 0 bridgehead atoms. The molecule has 2 N–H and O–H groups in total. The maximum atomic E-state index is 12.5. The fourth-order valence-corrected chi connectivity index (χ4v) is 3.26. The van der Waals surface area contributed by atoms with Gasteiger partial charge in [0.2, 0.25) is 0 Å². The number of aliphatic hydroxyl groups is 1. The Labute approximate surface area is 162 Å². The molecular weight excluding hydrogens is 356 g/mol. The van der Waals surface area contributed by atoms with Gasteiger partial charge in [0.25, 0.3) is 5.91 Å². The Hall–Kier alpha value is -3.26. The molecule has 8 heteroatoms.